The number of hydrogen-bond acceptors (Lipinski definition) is 6. The van der Waals surface area contributed by atoms with Gasteiger partial charge >= 0.3 is 0 Å². The standard InChI is InChI=1S/C23H23FN6O/c24-19-5-1-3-17(13-19)8-10-26-23-21(7-6-20(29-23)22-27-11-12-28-22)30(16-31)15-18-4-2-9-25-14-18/h1-7,9,13-14,16H,8,10-12,15H2,(H,26,29)(H,27,28). The van der Waals surface area contributed by atoms with Gasteiger partial charge in [-0.25, -0.2) is 9.37 Å². The zero-order chi connectivity index (χ0) is 21.5. The largest absolute Gasteiger partial charge is 0.368 e. The quantitative estimate of drug-likeness (QED) is 0.522. The van der Waals surface area contributed by atoms with Crippen LogP contribution in [-0.2, 0) is 17.8 Å². The molecule has 0 saturated heterocycles. The molecule has 158 valence electrons. The van der Waals surface area contributed by atoms with Gasteiger partial charge in [0.05, 0.1) is 18.8 Å². The predicted octanol–water partition coefficient (Wildman–Crippen LogP) is 2.78. The van der Waals surface area contributed by atoms with Gasteiger partial charge in [-0.1, -0.05) is 18.2 Å². The molecule has 0 saturated carbocycles. The second kappa shape index (κ2) is 9.80. The lowest BCUT2D eigenvalue weighted by Gasteiger charge is -2.21. The molecule has 0 radical (unpaired) electrons. The van der Waals surface area contributed by atoms with Gasteiger partial charge in [-0.2, -0.15) is 0 Å². The molecule has 0 spiro atoms. The van der Waals surface area contributed by atoms with E-state index in [0.717, 1.165) is 29.9 Å². The van der Waals surface area contributed by atoms with E-state index >= 15 is 0 Å². The predicted molar refractivity (Wildman–Crippen MR) is 119 cm³/mol. The lowest BCUT2D eigenvalue weighted by atomic mass is 10.1. The maximum Gasteiger partial charge on any atom is 0.214 e. The SMILES string of the molecule is O=CN(Cc1cccnc1)c1ccc(C2=NCCN2)nc1NCCc1cccc(F)c1. The van der Waals surface area contributed by atoms with E-state index in [9.17, 15) is 9.18 Å². The van der Waals surface area contributed by atoms with Crippen molar-refractivity contribution >= 4 is 23.8 Å². The fraction of sp³-hybridized carbons (Fsp3) is 0.217. The molecule has 2 N–H and O–H groups in total. The maximum absolute atomic E-state index is 13.5. The van der Waals surface area contributed by atoms with Crippen LogP contribution in [0.5, 0.6) is 0 Å². The van der Waals surface area contributed by atoms with Crippen molar-refractivity contribution in [1.82, 2.24) is 15.3 Å². The summed E-state index contributed by atoms with van der Waals surface area (Å²) in [6.07, 6.45) is 4.82. The van der Waals surface area contributed by atoms with Gasteiger partial charge < -0.3 is 15.5 Å². The number of aliphatic imine (C=N–C) groups is 1. The molecule has 0 fully saturated rings. The number of benzene rings is 1. The van der Waals surface area contributed by atoms with E-state index in [4.69, 9.17) is 4.98 Å². The maximum atomic E-state index is 13.5. The van der Waals surface area contributed by atoms with Crippen molar-refractivity contribution in [3.8, 4) is 0 Å². The van der Waals surface area contributed by atoms with Crippen LogP contribution >= 0.6 is 0 Å². The zero-order valence-electron chi connectivity index (χ0n) is 17.0. The second-order valence-electron chi connectivity index (χ2n) is 7.12. The molecular formula is C23H23FN6O. The number of anilines is 2. The van der Waals surface area contributed by atoms with E-state index in [-0.39, 0.29) is 5.82 Å². The van der Waals surface area contributed by atoms with Crippen molar-refractivity contribution in [1.29, 1.82) is 0 Å². The monoisotopic (exact) mass is 418 g/mol. The van der Waals surface area contributed by atoms with E-state index in [1.165, 1.54) is 12.1 Å². The van der Waals surface area contributed by atoms with E-state index in [0.29, 0.717) is 43.3 Å². The number of nitrogens with one attached hydrogen (secondary N) is 2. The summed E-state index contributed by atoms with van der Waals surface area (Å²) in [7, 11) is 0. The number of halogens is 1. The highest BCUT2D eigenvalue weighted by Crippen LogP contribution is 2.25. The summed E-state index contributed by atoms with van der Waals surface area (Å²) in [6.45, 7) is 2.40. The molecule has 8 heteroatoms. The molecule has 1 amide bonds. The minimum atomic E-state index is -0.257. The van der Waals surface area contributed by atoms with Crippen LogP contribution in [0.25, 0.3) is 0 Å². The number of amidine groups is 1. The molecule has 0 bridgehead atoms. The number of aromatic nitrogens is 2. The van der Waals surface area contributed by atoms with Gasteiger partial charge in [-0.3, -0.25) is 14.8 Å². The number of hydrogen-bond donors (Lipinski definition) is 2. The zero-order valence-corrected chi connectivity index (χ0v) is 17.0. The van der Waals surface area contributed by atoms with Crippen molar-refractivity contribution < 1.29 is 9.18 Å². The van der Waals surface area contributed by atoms with Gasteiger partial charge in [0.1, 0.15) is 17.3 Å². The van der Waals surface area contributed by atoms with Crippen molar-refractivity contribution in [3.63, 3.8) is 0 Å². The van der Waals surface area contributed by atoms with Crippen LogP contribution in [0.1, 0.15) is 16.8 Å². The molecule has 1 aromatic carbocycles. The first-order valence-electron chi connectivity index (χ1n) is 10.1. The van der Waals surface area contributed by atoms with Crippen LogP contribution in [0.4, 0.5) is 15.9 Å². The van der Waals surface area contributed by atoms with Gasteiger partial charge in [-0.05, 0) is 47.9 Å². The molecular weight excluding hydrogens is 395 g/mol. The van der Waals surface area contributed by atoms with Gasteiger partial charge in [0, 0.05) is 25.5 Å². The van der Waals surface area contributed by atoms with Crippen LogP contribution in [0.15, 0.2) is 65.9 Å². The molecule has 0 unspecified atom stereocenters. The highest BCUT2D eigenvalue weighted by molar-refractivity contribution is 5.99. The minimum Gasteiger partial charge on any atom is -0.368 e. The molecule has 0 atom stereocenters. The van der Waals surface area contributed by atoms with Gasteiger partial charge in [0.2, 0.25) is 6.41 Å². The Bertz CT molecular complexity index is 1070. The Morgan fingerprint density at radius 3 is 2.81 bits per heavy atom. The third-order valence-corrected chi connectivity index (χ3v) is 4.90. The van der Waals surface area contributed by atoms with Crippen molar-refractivity contribution in [2.75, 3.05) is 29.9 Å². The Hall–Kier alpha value is -3.81. The fourth-order valence-corrected chi connectivity index (χ4v) is 3.40. The second-order valence-corrected chi connectivity index (χ2v) is 7.12. The third kappa shape index (κ3) is 5.22. The number of pyridine rings is 2. The van der Waals surface area contributed by atoms with Crippen molar-refractivity contribution in [3.05, 3.63) is 83.6 Å². The summed E-state index contributed by atoms with van der Waals surface area (Å²) in [5.74, 6) is 1.05. The lowest BCUT2D eigenvalue weighted by molar-refractivity contribution is -0.107. The van der Waals surface area contributed by atoms with E-state index in [1.807, 2.05) is 30.3 Å². The number of carbonyl (C=O) groups excluding carboxylic acids is 1. The summed E-state index contributed by atoms with van der Waals surface area (Å²) in [6, 6.07) is 14.0. The first kappa shape index (κ1) is 20.5. The number of rotatable bonds is 9. The molecule has 1 aliphatic heterocycles. The highest BCUT2D eigenvalue weighted by Gasteiger charge is 2.17. The summed E-state index contributed by atoms with van der Waals surface area (Å²) in [5, 5.41) is 6.53. The first-order valence-corrected chi connectivity index (χ1v) is 10.1. The molecule has 31 heavy (non-hydrogen) atoms. The van der Waals surface area contributed by atoms with Gasteiger partial charge in [0.25, 0.3) is 0 Å². The topological polar surface area (TPSA) is 82.5 Å². The minimum absolute atomic E-state index is 0.257. The Kier molecular flexibility index (Phi) is 6.47. The number of carbonyl (C=O) groups is 1. The van der Waals surface area contributed by atoms with Crippen molar-refractivity contribution in [2.24, 2.45) is 4.99 Å². The summed E-state index contributed by atoms with van der Waals surface area (Å²) >= 11 is 0. The molecule has 1 aliphatic rings. The van der Waals surface area contributed by atoms with Crippen LogP contribution < -0.4 is 15.5 Å². The fourth-order valence-electron chi connectivity index (χ4n) is 3.40. The average molecular weight is 418 g/mol. The molecule has 3 aromatic rings. The van der Waals surface area contributed by atoms with Crippen LogP contribution in [0, 0.1) is 5.82 Å². The number of nitrogens with zero attached hydrogens (tertiary/aromatic N) is 4. The molecule has 3 heterocycles. The molecule has 4 rings (SSSR count). The van der Waals surface area contributed by atoms with Crippen molar-refractivity contribution in [2.45, 2.75) is 13.0 Å². The third-order valence-electron chi connectivity index (χ3n) is 4.90. The summed E-state index contributed by atoms with van der Waals surface area (Å²) < 4.78 is 13.5. The Morgan fingerprint density at radius 2 is 2.06 bits per heavy atom. The first-order chi connectivity index (χ1) is 15.2. The van der Waals surface area contributed by atoms with E-state index < -0.39 is 0 Å². The summed E-state index contributed by atoms with van der Waals surface area (Å²) in [4.78, 5) is 26.8. The van der Waals surface area contributed by atoms with Gasteiger partial charge in [0.15, 0.2) is 5.82 Å². The van der Waals surface area contributed by atoms with Gasteiger partial charge in [-0.15, -0.1) is 0 Å². The van der Waals surface area contributed by atoms with E-state index in [1.54, 1.807) is 23.4 Å². The molecule has 0 aliphatic carbocycles. The van der Waals surface area contributed by atoms with E-state index in [2.05, 4.69) is 20.6 Å². The lowest BCUT2D eigenvalue weighted by Crippen LogP contribution is -2.25. The Morgan fingerprint density at radius 1 is 1.16 bits per heavy atom. The smallest absolute Gasteiger partial charge is 0.214 e. The molecule has 7 nitrogen and oxygen atoms in total. The van der Waals surface area contributed by atoms with Crippen LogP contribution in [0.2, 0.25) is 0 Å². The Balaban J connectivity index is 1.57. The highest BCUT2D eigenvalue weighted by atomic mass is 19.1. The number of amides is 1. The molecule has 2 aromatic heterocycles. The average Bonchev–Trinajstić information content (AvgIpc) is 3.33. The van der Waals surface area contributed by atoms with Crippen LogP contribution in [-0.4, -0.2) is 41.8 Å². The van der Waals surface area contributed by atoms with Crippen LogP contribution in [0.3, 0.4) is 0 Å². The Labute approximate surface area is 180 Å². The normalized spacial score (nSPS) is 12.7. The summed E-state index contributed by atoms with van der Waals surface area (Å²) in [5.41, 5.74) is 3.16.